The van der Waals surface area contributed by atoms with E-state index in [1.165, 1.54) is 37.5 Å². The molecule has 0 saturated heterocycles. The van der Waals surface area contributed by atoms with Crippen LogP contribution in [0.25, 0.3) is 0 Å². The highest BCUT2D eigenvalue weighted by atomic mass is 32.1. The maximum absolute atomic E-state index is 13.8. The van der Waals surface area contributed by atoms with E-state index in [2.05, 4.69) is 11.4 Å². The molecule has 1 aromatic heterocycles. The number of thiophene rings is 1. The van der Waals surface area contributed by atoms with Crippen molar-refractivity contribution in [3.63, 3.8) is 0 Å². The van der Waals surface area contributed by atoms with E-state index in [1.54, 1.807) is 0 Å². The number of rotatable bonds is 5. The van der Waals surface area contributed by atoms with Crippen LogP contribution < -0.4 is 10.1 Å². The minimum Gasteiger partial charge on any atom is -0.494 e. The minimum absolute atomic E-state index is 0.00818. The first-order valence-corrected chi connectivity index (χ1v) is 10.2. The molecule has 6 nitrogen and oxygen atoms in total. The predicted octanol–water partition coefficient (Wildman–Crippen LogP) is 4.22. The second-order valence-corrected chi connectivity index (χ2v) is 7.87. The largest absolute Gasteiger partial charge is 0.494 e. The third kappa shape index (κ3) is 4.57. The van der Waals surface area contributed by atoms with E-state index >= 15 is 0 Å². The second kappa shape index (κ2) is 9.05. The zero-order valence-electron chi connectivity index (χ0n) is 16.2. The number of hydrogen-bond donors (Lipinski definition) is 1. The smallest absolute Gasteiger partial charge is 0.339 e. The molecule has 1 amide bonds. The first-order valence-electron chi connectivity index (χ1n) is 9.34. The molecule has 0 unspecified atom stereocenters. The van der Waals surface area contributed by atoms with Crippen molar-refractivity contribution in [2.24, 2.45) is 0 Å². The van der Waals surface area contributed by atoms with Crippen molar-refractivity contribution in [2.45, 2.75) is 45.1 Å². The molecule has 1 aromatic carbocycles. The van der Waals surface area contributed by atoms with Crippen LogP contribution in [0, 0.1) is 17.1 Å². The molecule has 0 aliphatic heterocycles. The van der Waals surface area contributed by atoms with Gasteiger partial charge in [0.1, 0.15) is 11.1 Å². The molecule has 152 valence electrons. The van der Waals surface area contributed by atoms with Crippen molar-refractivity contribution in [3.05, 3.63) is 45.6 Å². The number of esters is 1. The highest BCUT2D eigenvalue weighted by Gasteiger charge is 2.24. The van der Waals surface area contributed by atoms with Crippen molar-refractivity contribution in [3.8, 4) is 11.8 Å². The highest BCUT2D eigenvalue weighted by molar-refractivity contribution is 7.16. The molecule has 0 radical (unpaired) electrons. The fraction of sp³-hybridized carbons (Fsp3) is 0.381. The number of fused-ring (bicyclic) bond motifs is 1. The van der Waals surface area contributed by atoms with Gasteiger partial charge in [0.25, 0.3) is 5.91 Å². The predicted molar refractivity (Wildman–Crippen MR) is 107 cm³/mol. The molecular formula is C21H21FN2O4S. The van der Waals surface area contributed by atoms with Crippen LogP contribution in [0.1, 0.15) is 52.5 Å². The Labute approximate surface area is 172 Å². The van der Waals surface area contributed by atoms with Crippen molar-refractivity contribution >= 4 is 28.2 Å². The van der Waals surface area contributed by atoms with E-state index in [-0.39, 0.29) is 11.3 Å². The molecule has 1 aliphatic rings. The van der Waals surface area contributed by atoms with Gasteiger partial charge in [0, 0.05) is 4.88 Å². The molecule has 0 saturated carbocycles. The van der Waals surface area contributed by atoms with E-state index in [9.17, 15) is 19.2 Å². The number of benzene rings is 1. The fourth-order valence-electron chi connectivity index (χ4n) is 3.24. The first-order chi connectivity index (χ1) is 13.9. The summed E-state index contributed by atoms with van der Waals surface area (Å²) in [6.45, 7) is 1.43. The highest BCUT2D eigenvalue weighted by Crippen LogP contribution is 2.37. The number of nitrogens with one attached hydrogen (secondary N) is 1. The number of anilines is 1. The van der Waals surface area contributed by atoms with Gasteiger partial charge in [-0.25, -0.2) is 9.18 Å². The molecule has 3 rings (SSSR count). The topological polar surface area (TPSA) is 88.4 Å². The number of carbonyl (C=O) groups excluding carboxylic acids is 2. The molecule has 1 aliphatic carbocycles. The normalized spacial score (nSPS) is 14.1. The lowest BCUT2D eigenvalue weighted by molar-refractivity contribution is -0.123. The number of carbonyl (C=O) groups is 2. The zero-order chi connectivity index (χ0) is 21.0. The summed E-state index contributed by atoms with van der Waals surface area (Å²) in [6.07, 6.45) is 3.85. The van der Waals surface area contributed by atoms with Gasteiger partial charge in [-0.05, 0) is 56.4 Å². The molecule has 0 bridgehead atoms. The van der Waals surface area contributed by atoms with Crippen molar-refractivity contribution < 1.29 is 23.5 Å². The average molecular weight is 416 g/mol. The monoisotopic (exact) mass is 416 g/mol. The Hall–Kier alpha value is -2.92. The Kier molecular flexibility index (Phi) is 6.49. The lowest BCUT2D eigenvalue weighted by atomic mass is 10.1. The van der Waals surface area contributed by atoms with Gasteiger partial charge in [-0.3, -0.25) is 4.79 Å². The first kappa shape index (κ1) is 20.8. The van der Waals surface area contributed by atoms with Crippen LogP contribution in [0.15, 0.2) is 18.2 Å². The number of ether oxygens (including phenoxy) is 2. The summed E-state index contributed by atoms with van der Waals surface area (Å²) in [5, 5.41) is 12.7. The lowest BCUT2D eigenvalue weighted by Crippen LogP contribution is -2.30. The van der Waals surface area contributed by atoms with Crippen LogP contribution in [0.5, 0.6) is 5.75 Å². The van der Waals surface area contributed by atoms with E-state index in [1.807, 2.05) is 0 Å². The molecule has 1 heterocycles. The van der Waals surface area contributed by atoms with Crippen LogP contribution in [0.2, 0.25) is 0 Å². The summed E-state index contributed by atoms with van der Waals surface area (Å²) in [5.41, 5.74) is 1.49. The number of hydrogen-bond acceptors (Lipinski definition) is 6. The molecule has 2 aromatic rings. The second-order valence-electron chi connectivity index (χ2n) is 6.77. The Morgan fingerprint density at radius 2 is 2.03 bits per heavy atom. The molecule has 1 atom stereocenters. The van der Waals surface area contributed by atoms with Crippen LogP contribution in [0.3, 0.4) is 0 Å². The summed E-state index contributed by atoms with van der Waals surface area (Å²) in [4.78, 5) is 25.9. The Bertz CT molecular complexity index is 980. The van der Waals surface area contributed by atoms with Crippen LogP contribution in [-0.4, -0.2) is 25.1 Å². The summed E-state index contributed by atoms with van der Waals surface area (Å²) in [5.74, 6) is -2.05. The molecular weight excluding hydrogens is 395 g/mol. The molecule has 8 heteroatoms. The van der Waals surface area contributed by atoms with Gasteiger partial charge in [0.05, 0.1) is 18.2 Å². The van der Waals surface area contributed by atoms with Gasteiger partial charge >= 0.3 is 5.97 Å². The third-order valence-electron chi connectivity index (χ3n) is 4.81. The van der Waals surface area contributed by atoms with Gasteiger partial charge in [0.2, 0.25) is 0 Å². The Morgan fingerprint density at radius 1 is 1.28 bits per heavy atom. The van der Waals surface area contributed by atoms with E-state index in [0.29, 0.717) is 10.6 Å². The molecule has 29 heavy (non-hydrogen) atoms. The number of halogens is 1. The summed E-state index contributed by atoms with van der Waals surface area (Å²) >= 11 is 1.41. The third-order valence-corrected chi connectivity index (χ3v) is 6.02. The number of nitriles is 1. The minimum atomic E-state index is -1.11. The van der Waals surface area contributed by atoms with Gasteiger partial charge in [-0.1, -0.05) is 6.42 Å². The number of methoxy groups -OCH3 is 1. The van der Waals surface area contributed by atoms with Gasteiger partial charge < -0.3 is 14.8 Å². The van der Waals surface area contributed by atoms with Crippen LogP contribution in [0.4, 0.5) is 9.39 Å². The maximum atomic E-state index is 13.8. The molecule has 1 N–H and O–H groups in total. The van der Waals surface area contributed by atoms with Crippen molar-refractivity contribution in [2.75, 3.05) is 12.4 Å². The Morgan fingerprint density at radius 3 is 2.72 bits per heavy atom. The van der Waals surface area contributed by atoms with Crippen molar-refractivity contribution in [1.82, 2.24) is 0 Å². The maximum Gasteiger partial charge on any atom is 0.339 e. The number of nitrogens with zero attached hydrogens (tertiary/aromatic N) is 1. The van der Waals surface area contributed by atoms with Gasteiger partial charge in [-0.2, -0.15) is 5.26 Å². The molecule has 0 fully saturated rings. The summed E-state index contributed by atoms with van der Waals surface area (Å²) in [7, 11) is 1.32. The summed E-state index contributed by atoms with van der Waals surface area (Å²) in [6, 6.07) is 5.86. The van der Waals surface area contributed by atoms with E-state index in [4.69, 9.17) is 9.47 Å². The zero-order valence-corrected chi connectivity index (χ0v) is 17.0. The average Bonchev–Trinajstić information content (AvgIpc) is 2.86. The van der Waals surface area contributed by atoms with Crippen LogP contribution >= 0.6 is 11.3 Å². The lowest BCUT2D eigenvalue weighted by Gasteiger charge is -2.13. The van der Waals surface area contributed by atoms with Gasteiger partial charge in [-0.15, -0.1) is 11.3 Å². The molecule has 0 spiro atoms. The number of amides is 1. The summed E-state index contributed by atoms with van der Waals surface area (Å²) < 4.78 is 23.7. The van der Waals surface area contributed by atoms with E-state index < -0.39 is 23.8 Å². The Balaban J connectivity index is 1.69. The van der Waals surface area contributed by atoms with Gasteiger partial charge in [0.15, 0.2) is 17.7 Å². The fourth-order valence-corrected chi connectivity index (χ4v) is 4.48. The standard InChI is InChI=1S/C21H21FN2O4S/c1-12(28-21(26)13-8-9-17(27-2)16(22)10-13)19(25)24-20-15(11-23)14-6-4-3-5-7-18(14)29-20/h8-10,12H,3-7H2,1-2H3,(H,24,25)/t12-/m1/s1. The quantitative estimate of drug-likeness (QED) is 0.582. The van der Waals surface area contributed by atoms with Crippen LogP contribution in [-0.2, 0) is 22.4 Å². The SMILES string of the molecule is COc1ccc(C(=O)O[C@H](C)C(=O)Nc2sc3c(c2C#N)CCCCC3)cc1F. The van der Waals surface area contributed by atoms with E-state index in [0.717, 1.165) is 48.6 Å². The number of aryl methyl sites for hydroxylation is 1. The van der Waals surface area contributed by atoms with Crippen molar-refractivity contribution in [1.29, 1.82) is 5.26 Å².